The smallest absolute Gasteiger partial charge is 0.229 e. The van der Waals surface area contributed by atoms with Gasteiger partial charge in [-0.1, -0.05) is 18.2 Å². The monoisotopic (exact) mass is 325 g/mol. The van der Waals surface area contributed by atoms with Crippen LogP contribution in [0.4, 0.5) is 0 Å². The fourth-order valence-electron chi connectivity index (χ4n) is 3.82. The maximum Gasteiger partial charge on any atom is 0.229 e. The summed E-state index contributed by atoms with van der Waals surface area (Å²) >= 11 is 0. The number of para-hydroxylation sites is 1. The van der Waals surface area contributed by atoms with Crippen LogP contribution in [-0.2, 0) is 17.8 Å². The van der Waals surface area contributed by atoms with Crippen LogP contribution in [0.25, 0.3) is 0 Å². The van der Waals surface area contributed by atoms with E-state index in [4.69, 9.17) is 4.74 Å². The molecule has 4 rings (SSSR count). The van der Waals surface area contributed by atoms with Crippen LogP contribution in [0.3, 0.4) is 0 Å². The van der Waals surface area contributed by atoms with Gasteiger partial charge in [-0.25, -0.2) is 0 Å². The number of aryl methyl sites for hydroxylation is 1. The van der Waals surface area contributed by atoms with Crippen molar-refractivity contribution < 1.29 is 9.53 Å². The van der Waals surface area contributed by atoms with Crippen molar-refractivity contribution in [3.05, 3.63) is 47.8 Å². The van der Waals surface area contributed by atoms with Crippen LogP contribution in [0, 0.1) is 12.8 Å². The second-order valence-electron chi connectivity index (χ2n) is 6.89. The molecule has 0 unspecified atom stereocenters. The predicted molar refractivity (Wildman–Crippen MR) is 90.8 cm³/mol. The minimum absolute atomic E-state index is 0.0696. The van der Waals surface area contributed by atoms with Gasteiger partial charge in [0, 0.05) is 12.7 Å². The first-order valence-corrected chi connectivity index (χ1v) is 8.71. The molecule has 5 nitrogen and oxygen atoms in total. The number of amides is 1. The molecule has 1 aromatic heterocycles. The Morgan fingerprint density at radius 2 is 2.25 bits per heavy atom. The second-order valence-corrected chi connectivity index (χ2v) is 6.89. The van der Waals surface area contributed by atoms with E-state index in [1.165, 1.54) is 0 Å². The lowest BCUT2D eigenvalue weighted by molar-refractivity contribution is -0.138. The number of carbonyl (C=O) groups is 1. The van der Waals surface area contributed by atoms with E-state index in [0.717, 1.165) is 49.2 Å². The fraction of sp³-hybridized carbons (Fsp3) is 0.474. The number of benzene rings is 1. The van der Waals surface area contributed by atoms with Crippen molar-refractivity contribution in [3.8, 4) is 5.75 Å². The van der Waals surface area contributed by atoms with Crippen LogP contribution < -0.4 is 4.74 Å². The highest BCUT2D eigenvalue weighted by atomic mass is 16.5. The molecule has 0 spiro atoms. The summed E-state index contributed by atoms with van der Waals surface area (Å²) < 4.78 is 7.77. The lowest BCUT2D eigenvalue weighted by Crippen LogP contribution is -2.44. The summed E-state index contributed by atoms with van der Waals surface area (Å²) in [6.45, 7) is 4.16. The number of likely N-dealkylation sites (tertiary alicyclic amines) is 1. The van der Waals surface area contributed by atoms with Crippen molar-refractivity contribution in [2.75, 3.05) is 13.2 Å². The molecule has 126 valence electrons. The topological polar surface area (TPSA) is 47.4 Å². The number of nitrogens with zero attached hydrogens (tertiary/aromatic N) is 3. The minimum atomic E-state index is -0.0696. The summed E-state index contributed by atoms with van der Waals surface area (Å²) in [5, 5.41) is 4.37. The molecule has 2 aliphatic heterocycles. The van der Waals surface area contributed by atoms with E-state index in [0.29, 0.717) is 6.61 Å². The maximum absolute atomic E-state index is 13.0. The Balaban J connectivity index is 1.45. The van der Waals surface area contributed by atoms with E-state index in [1.54, 1.807) is 0 Å². The summed E-state index contributed by atoms with van der Waals surface area (Å²) in [6, 6.07) is 8.27. The third-order valence-corrected chi connectivity index (χ3v) is 5.05. The normalized spacial score (nSPS) is 23.0. The van der Waals surface area contributed by atoms with Gasteiger partial charge in [0.1, 0.15) is 12.4 Å². The zero-order chi connectivity index (χ0) is 16.5. The zero-order valence-corrected chi connectivity index (χ0v) is 14.0. The van der Waals surface area contributed by atoms with Crippen molar-refractivity contribution in [2.45, 2.75) is 38.8 Å². The summed E-state index contributed by atoms with van der Waals surface area (Å²) in [4.78, 5) is 15.1. The molecule has 1 aromatic carbocycles. The summed E-state index contributed by atoms with van der Waals surface area (Å²) in [5.74, 6) is 1.09. The van der Waals surface area contributed by atoms with Crippen LogP contribution in [-0.4, -0.2) is 39.8 Å². The van der Waals surface area contributed by atoms with Crippen LogP contribution in [0.1, 0.15) is 24.0 Å². The molecule has 0 aliphatic carbocycles. The SMILES string of the molecule is Cc1cnn(C[C@H]2CCCN2C(=O)[C@H]2COc3ccccc3C2)c1. The van der Waals surface area contributed by atoms with E-state index in [9.17, 15) is 4.79 Å². The van der Waals surface area contributed by atoms with Gasteiger partial charge in [-0.2, -0.15) is 5.10 Å². The molecule has 1 amide bonds. The van der Waals surface area contributed by atoms with Gasteiger partial charge in [0.2, 0.25) is 5.91 Å². The van der Waals surface area contributed by atoms with E-state index in [1.807, 2.05) is 42.2 Å². The molecular weight excluding hydrogens is 302 g/mol. The molecule has 24 heavy (non-hydrogen) atoms. The van der Waals surface area contributed by atoms with Crippen LogP contribution in [0.5, 0.6) is 5.75 Å². The molecule has 0 N–H and O–H groups in total. The number of ether oxygens (including phenoxy) is 1. The highest BCUT2D eigenvalue weighted by molar-refractivity contribution is 5.80. The minimum Gasteiger partial charge on any atom is -0.492 e. The number of carbonyl (C=O) groups excluding carboxylic acids is 1. The van der Waals surface area contributed by atoms with Crippen molar-refractivity contribution >= 4 is 5.91 Å². The van der Waals surface area contributed by atoms with Crippen molar-refractivity contribution in [3.63, 3.8) is 0 Å². The van der Waals surface area contributed by atoms with Gasteiger partial charge in [0.05, 0.1) is 24.7 Å². The van der Waals surface area contributed by atoms with Gasteiger partial charge in [-0.15, -0.1) is 0 Å². The second kappa shape index (κ2) is 6.30. The highest BCUT2D eigenvalue weighted by Gasteiger charge is 2.35. The van der Waals surface area contributed by atoms with E-state index in [2.05, 4.69) is 16.1 Å². The third-order valence-electron chi connectivity index (χ3n) is 5.05. The Labute approximate surface area is 142 Å². The van der Waals surface area contributed by atoms with Gasteiger partial charge in [-0.05, 0) is 43.4 Å². The van der Waals surface area contributed by atoms with Gasteiger partial charge in [-0.3, -0.25) is 9.48 Å². The van der Waals surface area contributed by atoms with Gasteiger partial charge >= 0.3 is 0 Å². The third kappa shape index (κ3) is 2.90. The average molecular weight is 325 g/mol. The van der Waals surface area contributed by atoms with Crippen molar-refractivity contribution in [1.82, 2.24) is 14.7 Å². The van der Waals surface area contributed by atoms with Gasteiger partial charge in [0.25, 0.3) is 0 Å². The predicted octanol–water partition coefficient (Wildman–Crippen LogP) is 2.43. The first-order valence-electron chi connectivity index (χ1n) is 8.71. The van der Waals surface area contributed by atoms with Crippen LogP contribution in [0.2, 0.25) is 0 Å². The summed E-state index contributed by atoms with van der Waals surface area (Å²) in [5.41, 5.74) is 2.30. The van der Waals surface area contributed by atoms with Crippen molar-refractivity contribution in [1.29, 1.82) is 0 Å². The van der Waals surface area contributed by atoms with Crippen molar-refractivity contribution in [2.24, 2.45) is 5.92 Å². The number of hydrogen-bond acceptors (Lipinski definition) is 3. The molecule has 2 aliphatic rings. The van der Waals surface area contributed by atoms with Crippen LogP contribution in [0.15, 0.2) is 36.7 Å². The number of hydrogen-bond donors (Lipinski definition) is 0. The largest absolute Gasteiger partial charge is 0.492 e. The molecule has 1 fully saturated rings. The number of aromatic nitrogens is 2. The average Bonchev–Trinajstić information content (AvgIpc) is 3.23. The fourth-order valence-corrected chi connectivity index (χ4v) is 3.82. The van der Waals surface area contributed by atoms with E-state index >= 15 is 0 Å². The first-order chi connectivity index (χ1) is 11.7. The zero-order valence-electron chi connectivity index (χ0n) is 14.0. The highest BCUT2D eigenvalue weighted by Crippen LogP contribution is 2.29. The van der Waals surface area contributed by atoms with Gasteiger partial charge in [0.15, 0.2) is 0 Å². The molecule has 3 heterocycles. The molecule has 0 radical (unpaired) electrons. The lowest BCUT2D eigenvalue weighted by atomic mass is 9.95. The summed E-state index contributed by atoms with van der Waals surface area (Å²) in [6.07, 6.45) is 6.81. The molecular formula is C19H23N3O2. The molecule has 1 saturated heterocycles. The van der Waals surface area contributed by atoms with E-state index in [-0.39, 0.29) is 17.9 Å². The molecule has 0 saturated carbocycles. The molecule has 2 aromatic rings. The Morgan fingerprint density at radius 3 is 3.08 bits per heavy atom. The Bertz CT molecular complexity index is 740. The lowest BCUT2D eigenvalue weighted by Gasteiger charge is -2.31. The first kappa shape index (κ1) is 15.2. The van der Waals surface area contributed by atoms with E-state index < -0.39 is 0 Å². The Morgan fingerprint density at radius 1 is 1.38 bits per heavy atom. The van der Waals surface area contributed by atoms with Crippen LogP contribution >= 0.6 is 0 Å². The number of fused-ring (bicyclic) bond motifs is 1. The Kier molecular flexibility index (Phi) is 4.00. The Hall–Kier alpha value is -2.30. The number of rotatable bonds is 3. The standard InChI is InChI=1S/C19H23N3O2/c1-14-10-20-21(11-14)12-17-6-4-8-22(17)19(23)16-9-15-5-2-3-7-18(15)24-13-16/h2-3,5,7,10-11,16-17H,4,6,8-9,12-13H2,1H3/t16-,17-/m1/s1. The molecule has 2 atom stereocenters. The summed E-state index contributed by atoms with van der Waals surface area (Å²) in [7, 11) is 0. The molecule has 0 bridgehead atoms. The van der Waals surface area contributed by atoms with Gasteiger partial charge < -0.3 is 9.64 Å². The maximum atomic E-state index is 13.0. The quantitative estimate of drug-likeness (QED) is 0.871. The molecule has 5 heteroatoms.